The number of benzene rings is 1. The summed E-state index contributed by atoms with van der Waals surface area (Å²) in [5.74, 6) is 0. The van der Waals surface area contributed by atoms with Crippen molar-refractivity contribution in [2.75, 3.05) is 11.5 Å². The van der Waals surface area contributed by atoms with Gasteiger partial charge in [0.15, 0.2) is 0 Å². The fourth-order valence-electron chi connectivity index (χ4n) is 0.742. The molecule has 0 amide bonds. The Balaban J connectivity index is 3.19. The molecule has 5 heteroatoms. The predicted molar refractivity (Wildman–Crippen MR) is 42.5 cm³/mol. The Kier molecular flexibility index (Phi) is 2.11. The monoisotopic (exact) mass is 171 g/mol. The van der Waals surface area contributed by atoms with E-state index in [0.29, 0.717) is 11.4 Å². The van der Waals surface area contributed by atoms with Crippen LogP contribution in [-0.4, -0.2) is 8.76 Å². The van der Waals surface area contributed by atoms with Gasteiger partial charge in [-0.05, 0) is 29.3 Å². The molecule has 0 heterocycles. The molecule has 1 unspecified atom stereocenters. The summed E-state index contributed by atoms with van der Waals surface area (Å²) in [5.41, 5.74) is 11.4. The van der Waals surface area contributed by atoms with Gasteiger partial charge in [0.05, 0.1) is 0 Å². The van der Waals surface area contributed by atoms with Crippen LogP contribution in [0.5, 0.6) is 0 Å². The summed E-state index contributed by atoms with van der Waals surface area (Å²) >= 11 is -2.26. The molecular weight excluding hydrogens is 164 g/mol. The lowest BCUT2D eigenvalue weighted by Crippen LogP contribution is -1.95. The fraction of sp³-hybridized carbons (Fsp3) is 0. The topological polar surface area (TPSA) is 92.2 Å². The quantitative estimate of drug-likeness (QED) is 0.462. The van der Waals surface area contributed by atoms with Crippen LogP contribution in [-0.2, 0) is 11.1 Å². The zero-order valence-corrected chi connectivity index (χ0v) is 6.43. The number of nitrogen functional groups attached to an aromatic ring is 2. The van der Waals surface area contributed by atoms with Gasteiger partial charge >= 0.3 is 0 Å². The number of hydrogen-bond donors (Lipinski definition) is 2. The second-order valence-corrected chi connectivity index (χ2v) is 3.01. The third-order valence-corrected chi connectivity index (χ3v) is 1.76. The van der Waals surface area contributed by atoms with Crippen LogP contribution in [0.1, 0.15) is 0 Å². The van der Waals surface area contributed by atoms with Crippen molar-refractivity contribution in [3.63, 3.8) is 0 Å². The average Bonchev–Trinajstić information content (AvgIpc) is 1.85. The molecule has 0 spiro atoms. The van der Waals surface area contributed by atoms with Crippen molar-refractivity contribution in [2.45, 2.75) is 4.90 Å². The van der Waals surface area contributed by atoms with Crippen molar-refractivity contribution in [3.8, 4) is 0 Å². The standard InChI is InChI=1S/C6H8N2O2S/c7-4-1-5(8)3-6(2-4)11(9)10/h1-3H,7-8H2,(H,9,10)/p-1. The Labute approximate surface area is 66.5 Å². The predicted octanol–water partition coefficient (Wildman–Crippen LogP) is 0.0890. The minimum absolute atomic E-state index is 0.113. The first-order chi connectivity index (χ1) is 5.09. The molecule has 0 aromatic heterocycles. The fourth-order valence-corrected chi connectivity index (χ4v) is 1.21. The highest BCUT2D eigenvalue weighted by molar-refractivity contribution is 7.79. The Hall–Kier alpha value is -1.07. The largest absolute Gasteiger partial charge is 0.768 e. The Morgan fingerprint density at radius 2 is 1.64 bits per heavy atom. The van der Waals surface area contributed by atoms with E-state index >= 15 is 0 Å². The summed E-state index contributed by atoms with van der Waals surface area (Å²) in [6, 6.07) is 4.19. The van der Waals surface area contributed by atoms with Gasteiger partial charge in [-0.15, -0.1) is 0 Å². The molecular formula is C6H7N2O2S-. The molecule has 60 valence electrons. The molecule has 1 aromatic carbocycles. The van der Waals surface area contributed by atoms with Crippen molar-refractivity contribution >= 4 is 22.5 Å². The van der Waals surface area contributed by atoms with Gasteiger partial charge in [0.1, 0.15) is 0 Å². The van der Waals surface area contributed by atoms with E-state index in [1.807, 2.05) is 0 Å². The molecule has 0 aliphatic carbocycles. The van der Waals surface area contributed by atoms with Gasteiger partial charge in [0.2, 0.25) is 0 Å². The first-order valence-corrected chi connectivity index (χ1v) is 3.92. The highest BCUT2D eigenvalue weighted by Crippen LogP contribution is 2.15. The SMILES string of the molecule is Nc1cc(N)cc(S(=O)[O-])c1. The van der Waals surface area contributed by atoms with Crippen LogP contribution in [0, 0.1) is 0 Å². The van der Waals surface area contributed by atoms with Crippen molar-refractivity contribution in [2.24, 2.45) is 0 Å². The van der Waals surface area contributed by atoms with E-state index in [4.69, 9.17) is 11.5 Å². The maximum absolute atomic E-state index is 10.4. The van der Waals surface area contributed by atoms with Gasteiger partial charge in [0, 0.05) is 16.3 Å². The summed E-state index contributed by atoms with van der Waals surface area (Å²) in [5, 5.41) is 0. The van der Waals surface area contributed by atoms with Gasteiger partial charge in [0.25, 0.3) is 0 Å². The van der Waals surface area contributed by atoms with E-state index in [9.17, 15) is 8.76 Å². The van der Waals surface area contributed by atoms with Crippen molar-refractivity contribution in [3.05, 3.63) is 18.2 Å². The molecule has 1 rings (SSSR count). The Bertz CT molecular complexity index is 280. The molecule has 0 saturated heterocycles. The van der Waals surface area contributed by atoms with E-state index in [0.717, 1.165) is 0 Å². The van der Waals surface area contributed by atoms with Crippen LogP contribution in [0.25, 0.3) is 0 Å². The lowest BCUT2D eigenvalue weighted by molar-refractivity contribution is 0.537. The minimum Gasteiger partial charge on any atom is -0.768 e. The average molecular weight is 171 g/mol. The summed E-state index contributed by atoms with van der Waals surface area (Å²) in [4.78, 5) is 0.113. The van der Waals surface area contributed by atoms with Crippen LogP contribution in [0.4, 0.5) is 11.4 Å². The summed E-state index contributed by atoms with van der Waals surface area (Å²) < 4.78 is 20.8. The van der Waals surface area contributed by atoms with Crippen molar-refractivity contribution < 1.29 is 8.76 Å². The number of nitrogens with two attached hydrogens (primary N) is 2. The number of hydrogen-bond acceptors (Lipinski definition) is 4. The molecule has 0 fully saturated rings. The minimum atomic E-state index is -2.26. The lowest BCUT2D eigenvalue weighted by atomic mass is 10.3. The highest BCUT2D eigenvalue weighted by Gasteiger charge is 1.95. The van der Waals surface area contributed by atoms with E-state index in [2.05, 4.69) is 0 Å². The third kappa shape index (κ3) is 1.92. The molecule has 0 saturated carbocycles. The van der Waals surface area contributed by atoms with Gasteiger partial charge < -0.3 is 16.0 Å². The first kappa shape index (κ1) is 8.03. The molecule has 0 bridgehead atoms. The van der Waals surface area contributed by atoms with E-state index in [-0.39, 0.29) is 4.90 Å². The van der Waals surface area contributed by atoms with E-state index in [1.54, 1.807) is 0 Å². The number of anilines is 2. The second-order valence-electron chi connectivity index (χ2n) is 2.07. The maximum Gasteiger partial charge on any atom is 0.0346 e. The van der Waals surface area contributed by atoms with Gasteiger partial charge in [-0.3, -0.25) is 4.21 Å². The number of rotatable bonds is 1. The molecule has 0 aliphatic heterocycles. The molecule has 4 nitrogen and oxygen atoms in total. The van der Waals surface area contributed by atoms with Crippen LogP contribution in [0.3, 0.4) is 0 Å². The smallest absolute Gasteiger partial charge is 0.0346 e. The summed E-state index contributed by atoms with van der Waals surface area (Å²) in [6.45, 7) is 0. The molecule has 1 aromatic rings. The van der Waals surface area contributed by atoms with Gasteiger partial charge in [-0.2, -0.15) is 0 Å². The molecule has 11 heavy (non-hydrogen) atoms. The summed E-state index contributed by atoms with van der Waals surface area (Å²) in [6.07, 6.45) is 0. The van der Waals surface area contributed by atoms with E-state index in [1.165, 1.54) is 18.2 Å². The van der Waals surface area contributed by atoms with Crippen molar-refractivity contribution in [1.29, 1.82) is 0 Å². The van der Waals surface area contributed by atoms with Crippen LogP contribution in [0.15, 0.2) is 23.1 Å². The Morgan fingerprint density at radius 1 is 1.18 bits per heavy atom. The zero-order valence-electron chi connectivity index (χ0n) is 5.61. The second kappa shape index (κ2) is 2.89. The molecule has 1 atom stereocenters. The molecule has 0 radical (unpaired) electrons. The normalized spacial score (nSPS) is 12.8. The van der Waals surface area contributed by atoms with Crippen LogP contribution in [0.2, 0.25) is 0 Å². The zero-order chi connectivity index (χ0) is 8.43. The van der Waals surface area contributed by atoms with Crippen molar-refractivity contribution in [1.82, 2.24) is 0 Å². The first-order valence-electron chi connectivity index (χ1n) is 2.85. The van der Waals surface area contributed by atoms with E-state index < -0.39 is 11.1 Å². The van der Waals surface area contributed by atoms with Crippen LogP contribution < -0.4 is 11.5 Å². The Morgan fingerprint density at radius 3 is 2.00 bits per heavy atom. The maximum atomic E-state index is 10.4. The third-order valence-electron chi connectivity index (χ3n) is 1.14. The molecule has 0 aliphatic rings. The lowest BCUT2D eigenvalue weighted by Gasteiger charge is -2.06. The van der Waals surface area contributed by atoms with Gasteiger partial charge in [-0.25, -0.2) is 0 Å². The van der Waals surface area contributed by atoms with Crippen LogP contribution >= 0.6 is 0 Å². The molecule has 4 N–H and O–H groups in total. The summed E-state index contributed by atoms with van der Waals surface area (Å²) in [7, 11) is 0. The highest BCUT2D eigenvalue weighted by atomic mass is 32.2. The van der Waals surface area contributed by atoms with Gasteiger partial charge in [-0.1, -0.05) is 0 Å².